The summed E-state index contributed by atoms with van der Waals surface area (Å²) < 4.78 is 10.4. The van der Waals surface area contributed by atoms with Gasteiger partial charge in [0.25, 0.3) is 0 Å². The Morgan fingerprint density at radius 1 is 0.889 bits per heavy atom. The summed E-state index contributed by atoms with van der Waals surface area (Å²) in [6, 6.07) is 17.8. The van der Waals surface area contributed by atoms with Crippen LogP contribution in [0.5, 0.6) is 11.6 Å². The van der Waals surface area contributed by atoms with Gasteiger partial charge in [-0.1, -0.05) is 12.1 Å². The molecule has 2 amide bonds. The fourth-order valence-corrected chi connectivity index (χ4v) is 2.40. The zero-order valence-electron chi connectivity index (χ0n) is 15.1. The normalized spacial score (nSPS) is 10.1. The van der Waals surface area contributed by atoms with Crippen LogP contribution in [0.3, 0.4) is 0 Å². The summed E-state index contributed by atoms with van der Waals surface area (Å²) in [5.74, 6) is 1.23. The lowest BCUT2D eigenvalue weighted by Crippen LogP contribution is -2.19. The van der Waals surface area contributed by atoms with E-state index < -0.39 is 0 Å². The Labute approximate surface area is 157 Å². The molecule has 0 aliphatic carbocycles. The Bertz CT molecular complexity index is 879. The monoisotopic (exact) mass is 364 g/mol. The Morgan fingerprint density at radius 3 is 2.04 bits per heavy atom. The van der Waals surface area contributed by atoms with Crippen LogP contribution in [0.4, 0.5) is 16.2 Å². The van der Waals surface area contributed by atoms with E-state index in [1.807, 2.05) is 37.3 Å². The molecule has 0 spiro atoms. The van der Waals surface area contributed by atoms with Gasteiger partial charge in [0.15, 0.2) is 0 Å². The van der Waals surface area contributed by atoms with Crippen LogP contribution in [0, 0.1) is 0 Å². The summed E-state index contributed by atoms with van der Waals surface area (Å²) in [6.07, 6.45) is 0. The first-order chi connectivity index (χ1) is 13.2. The van der Waals surface area contributed by atoms with E-state index in [2.05, 4.69) is 20.8 Å². The van der Waals surface area contributed by atoms with Gasteiger partial charge in [-0.25, -0.2) is 4.79 Å². The summed E-state index contributed by atoms with van der Waals surface area (Å²) in [7, 11) is 1.54. The molecular weight excluding hydrogens is 344 g/mol. The van der Waals surface area contributed by atoms with E-state index in [1.54, 1.807) is 37.4 Å². The molecule has 7 heteroatoms. The van der Waals surface area contributed by atoms with Gasteiger partial charge < -0.3 is 20.1 Å². The molecule has 0 aliphatic rings. The number of aromatic nitrogens is 2. The van der Waals surface area contributed by atoms with Crippen molar-refractivity contribution in [2.24, 2.45) is 0 Å². The topological polar surface area (TPSA) is 85.4 Å². The Balaban J connectivity index is 1.59. The number of carbonyl (C=O) groups is 1. The lowest BCUT2D eigenvalue weighted by atomic mass is 10.1. The largest absolute Gasteiger partial charge is 0.494 e. The van der Waals surface area contributed by atoms with Gasteiger partial charge in [-0.15, -0.1) is 10.2 Å². The highest BCUT2D eigenvalue weighted by atomic mass is 16.5. The second-order valence-electron chi connectivity index (χ2n) is 5.57. The molecule has 7 nitrogen and oxygen atoms in total. The second-order valence-corrected chi connectivity index (χ2v) is 5.57. The number of ether oxygens (including phenoxy) is 2. The number of hydrogen-bond acceptors (Lipinski definition) is 5. The molecule has 1 aromatic heterocycles. The van der Waals surface area contributed by atoms with E-state index >= 15 is 0 Å². The van der Waals surface area contributed by atoms with Crippen molar-refractivity contribution in [1.82, 2.24) is 10.2 Å². The highest BCUT2D eigenvalue weighted by Gasteiger charge is 2.05. The molecule has 0 fully saturated rings. The van der Waals surface area contributed by atoms with E-state index in [0.29, 0.717) is 23.9 Å². The summed E-state index contributed by atoms with van der Waals surface area (Å²) in [5, 5.41) is 13.6. The molecule has 0 bridgehead atoms. The fourth-order valence-electron chi connectivity index (χ4n) is 2.40. The Hall–Kier alpha value is -3.61. The van der Waals surface area contributed by atoms with Crippen molar-refractivity contribution in [3.8, 4) is 22.9 Å². The van der Waals surface area contributed by atoms with Crippen molar-refractivity contribution >= 4 is 17.4 Å². The lowest BCUT2D eigenvalue weighted by molar-refractivity contribution is 0.262. The first-order valence-electron chi connectivity index (χ1n) is 8.47. The van der Waals surface area contributed by atoms with Crippen molar-refractivity contribution in [1.29, 1.82) is 0 Å². The third-order valence-corrected chi connectivity index (χ3v) is 3.71. The van der Waals surface area contributed by atoms with Gasteiger partial charge in [0.05, 0.1) is 19.4 Å². The minimum atomic E-state index is -0.323. The molecule has 0 saturated heterocycles. The van der Waals surface area contributed by atoms with E-state index in [-0.39, 0.29) is 6.03 Å². The van der Waals surface area contributed by atoms with E-state index in [1.165, 1.54) is 0 Å². The maximum absolute atomic E-state index is 12.1. The van der Waals surface area contributed by atoms with Crippen LogP contribution in [0.1, 0.15) is 6.92 Å². The Kier molecular flexibility index (Phi) is 5.84. The van der Waals surface area contributed by atoms with E-state index in [4.69, 9.17) is 9.47 Å². The van der Waals surface area contributed by atoms with Crippen LogP contribution >= 0.6 is 0 Å². The van der Waals surface area contributed by atoms with Gasteiger partial charge in [-0.3, -0.25) is 0 Å². The van der Waals surface area contributed by atoms with Gasteiger partial charge in [0.2, 0.25) is 5.88 Å². The van der Waals surface area contributed by atoms with Crippen molar-refractivity contribution in [3.05, 3.63) is 60.7 Å². The van der Waals surface area contributed by atoms with Gasteiger partial charge >= 0.3 is 6.03 Å². The zero-order valence-corrected chi connectivity index (χ0v) is 15.1. The average molecular weight is 364 g/mol. The van der Waals surface area contributed by atoms with Gasteiger partial charge in [0.1, 0.15) is 5.75 Å². The molecule has 0 unspecified atom stereocenters. The number of amides is 2. The smallest absolute Gasteiger partial charge is 0.323 e. The third kappa shape index (κ3) is 4.94. The average Bonchev–Trinajstić information content (AvgIpc) is 2.70. The van der Waals surface area contributed by atoms with Crippen molar-refractivity contribution in [2.45, 2.75) is 6.92 Å². The maximum atomic E-state index is 12.1. The predicted octanol–water partition coefficient (Wildman–Crippen LogP) is 4.19. The molecule has 3 rings (SSSR count). The summed E-state index contributed by atoms with van der Waals surface area (Å²) in [5.41, 5.74) is 2.97. The Morgan fingerprint density at radius 2 is 1.52 bits per heavy atom. The molecule has 0 atom stereocenters. The highest BCUT2D eigenvalue weighted by Crippen LogP contribution is 2.21. The number of rotatable bonds is 6. The second kappa shape index (κ2) is 8.66. The first kappa shape index (κ1) is 18.2. The van der Waals surface area contributed by atoms with Crippen molar-refractivity contribution in [3.63, 3.8) is 0 Å². The van der Waals surface area contributed by atoms with Crippen LogP contribution in [0.25, 0.3) is 11.3 Å². The minimum Gasteiger partial charge on any atom is -0.494 e. The number of carbonyl (C=O) groups excluding carboxylic acids is 1. The third-order valence-electron chi connectivity index (χ3n) is 3.71. The molecule has 1 heterocycles. The zero-order chi connectivity index (χ0) is 19.1. The number of nitrogens with one attached hydrogen (secondary N) is 2. The van der Waals surface area contributed by atoms with Crippen molar-refractivity contribution < 1.29 is 14.3 Å². The van der Waals surface area contributed by atoms with Crippen LogP contribution in [0.2, 0.25) is 0 Å². The SMILES string of the molecule is CCOc1ccc(NC(=O)Nc2ccc(-c3ccc(OC)nn3)cc2)cc1. The molecule has 2 N–H and O–H groups in total. The van der Waals surface area contributed by atoms with Crippen LogP contribution in [0.15, 0.2) is 60.7 Å². The molecule has 0 radical (unpaired) electrons. The van der Waals surface area contributed by atoms with Gasteiger partial charge in [0, 0.05) is 23.0 Å². The van der Waals surface area contributed by atoms with E-state index in [9.17, 15) is 4.79 Å². The number of urea groups is 1. The number of hydrogen-bond donors (Lipinski definition) is 2. The highest BCUT2D eigenvalue weighted by molar-refractivity contribution is 5.99. The van der Waals surface area contributed by atoms with Crippen LogP contribution < -0.4 is 20.1 Å². The molecule has 27 heavy (non-hydrogen) atoms. The molecule has 2 aromatic carbocycles. The molecule has 0 saturated carbocycles. The van der Waals surface area contributed by atoms with Gasteiger partial charge in [-0.2, -0.15) is 0 Å². The number of nitrogens with zero attached hydrogens (tertiary/aromatic N) is 2. The first-order valence-corrected chi connectivity index (χ1v) is 8.47. The molecule has 3 aromatic rings. The standard InChI is InChI=1S/C20H20N4O3/c1-3-27-17-10-8-16(9-11-17)22-20(25)21-15-6-4-14(5-7-15)18-12-13-19(26-2)24-23-18/h4-13H,3H2,1-2H3,(H2,21,22,25). The number of methoxy groups -OCH3 is 1. The summed E-state index contributed by atoms with van der Waals surface area (Å²) in [6.45, 7) is 2.53. The van der Waals surface area contributed by atoms with Crippen LogP contribution in [-0.4, -0.2) is 29.9 Å². The van der Waals surface area contributed by atoms with E-state index in [0.717, 1.165) is 17.0 Å². The molecule has 138 valence electrons. The number of benzene rings is 2. The quantitative estimate of drug-likeness (QED) is 0.685. The number of anilines is 2. The van der Waals surface area contributed by atoms with Crippen LogP contribution in [-0.2, 0) is 0 Å². The molecular formula is C20H20N4O3. The summed E-state index contributed by atoms with van der Waals surface area (Å²) in [4.78, 5) is 12.1. The van der Waals surface area contributed by atoms with Gasteiger partial charge in [-0.05, 0) is 49.4 Å². The minimum absolute atomic E-state index is 0.323. The lowest BCUT2D eigenvalue weighted by Gasteiger charge is -2.09. The molecule has 0 aliphatic heterocycles. The fraction of sp³-hybridized carbons (Fsp3) is 0.150. The predicted molar refractivity (Wildman–Crippen MR) is 104 cm³/mol. The van der Waals surface area contributed by atoms with Crippen molar-refractivity contribution in [2.75, 3.05) is 24.4 Å². The maximum Gasteiger partial charge on any atom is 0.323 e. The summed E-state index contributed by atoms with van der Waals surface area (Å²) >= 11 is 0.